The van der Waals surface area contributed by atoms with E-state index in [9.17, 15) is 13.2 Å². The predicted octanol–water partition coefficient (Wildman–Crippen LogP) is 0.822. The molecular weight excluding hydrogens is 214 g/mol. The number of amides is 1. The molecule has 1 amide bonds. The lowest BCUT2D eigenvalue weighted by atomic mass is 9.99. The van der Waals surface area contributed by atoms with Gasteiger partial charge in [-0.1, -0.05) is 6.92 Å². The molecule has 1 heterocycles. The van der Waals surface area contributed by atoms with Crippen molar-refractivity contribution in [1.82, 2.24) is 4.90 Å². The van der Waals surface area contributed by atoms with Crippen LogP contribution in [0.15, 0.2) is 0 Å². The van der Waals surface area contributed by atoms with Gasteiger partial charge in [-0.3, -0.25) is 4.79 Å². The molecular formula is C10H19NO3S. The van der Waals surface area contributed by atoms with Gasteiger partial charge in [-0.25, -0.2) is 8.42 Å². The third-order valence-corrected chi connectivity index (χ3v) is 4.94. The molecule has 0 spiro atoms. The largest absolute Gasteiger partial charge is 0.337 e. The standard InChI is InChI=1S/C10H19NO3S/c1-4-9(12)11(5-2)10(3)6-7-15(13,14)8-10/h4-8H2,1-3H3/t10-/m1/s1. The summed E-state index contributed by atoms with van der Waals surface area (Å²) in [5.41, 5.74) is -0.485. The molecule has 0 aromatic carbocycles. The molecule has 0 aromatic rings. The van der Waals surface area contributed by atoms with Gasteiger partial charge in [0.2, 0.25) is 5.91 Å². The molecule has 1 rings (SSSR count). The van der Waals surface area contributed by atoms with Crippen LogP contribution in [0.3, 0.4) is 0 Å². The summed E-state index contributed by atoms with van der Waals surface area (Å²) >= 11 is 0. The molecule has 1 aliphatic heterocycles. The van der Waals surface area contributed by atoms with Crippen molar-refractivity contribution in [2.24, 2.45) is 0 Å². The second-order valence-electron chi connectivity index (χ2n) is 4.33. The van der Waals surface area contributed by atoms with Gasteiger partial charge in [0.05, 0.1) is 17.0 Å². The Hall–Kier alpha value is -0.580. The number of rotatable bonds is 3. The minimum Gasteiger partial charge on any atom is -0.337 e. The normalized spacial score (nSPS) is 29.0. The van der Waals surface area contributed by atoms with Crippen LogP contribution in [0.1, 0.15) is 33.6 Å². The van der Waals surface area contributed by atoms with Gasteiger partial charge in [0.15, 0.2) is 9.84 Å². The second kappa shape index (κ2) is 4.12. The Balaban J connectivity index is 2.90. The molecule has 5 heteroatoms. The zero-order chi connectivity index (χ0) is 11.7. The zero-order valence-corrected chi connectivity index (χ0v) is 10.4. The molecule has 0 radical (unpaired) electrons. The zero-order valence-electron chi connectivity index (χ0n) is 9.62. The number of carbonyl (C=O) groups is 1. The maximum atomic E-state index is 11.7. The third-order valence-electron chi connectivity index (χ3n) is 3.05. The van der Waals surface area contributed by atoms with E-state index in [0.29, 0.717) is 19.4 Å². The Bertz CT molecular complexity index is 350. The lowest BCUT2D eigenvalue weighted by molar-refractivity contribution is -0.135. The van der Waals surface area contributed by atoms with Crippen LogP contribution in [0.25, 0.3) is 0 Å². The van der Waals surface area contributed by atoms with E-state index in [1.54, 1.807) is 11.8 Å². The van der Waals surface area contributed by atoms with Gasteiger partial charge < -0.3 is 4.90 Å². The Kier molecular flexibility index (Phi) is 3.43. The minimum absolute atomic E-state index is 0.0390. The Morgan fingerprint density at radius 3 is 2.33 bits per heavy atom. The molecule has 0 aliphatic carbocycles. The summed E-state index contributed by atoms with van der Waals surface area (Å²) in [5.74, 6) is 0.355. The van der Waals surface area contributed by atoms with Gasteiger partial charge in [-0.05, 0) is 20.3 Å². The van der Waals surface area contributed by atoms with Crippen molar-refractivity contribution < 1.29 is 13.2 Å². The van der Waals surface area contributed by atoms with E-state index in [-0.39, 0.29) is 17.4 Å². The van der Waals surface area contributed by atoms with Crippen molar-refractivity contribution in [1.29, 1.82) is 0 Å². The Labute approximate surface area is 91.6 Å². The molecule has 1 fully saturated rings. The fourth-order valence-electron chi connectivity index (χ4n) is 2.26. The molecule has 0 bridgehead atoms. The summed E-state index contributed by atoms with van der Waals surface area (Å²) in [6.45, 7) is 6.15. The highest BCUT2D eigenvalue weighted by molar-refractivity contribution is 7.91. The van der Waals surface area contributed by atoms with Crippen molar-refractivity contribution in [2.75, 3.05) is 18.1 Å². The fourth-order valence-corrected chi connectivity index (χ4v) is 4.40. The van der Waals surface area contributed by atoms with E-state index >= 15 is 0 Å². The van der Waals surface area contributed by atoms with Crippen LogP contribution >= 0.6 is 0 Å². The van der Waals surface area contributed by atoms with Crippen LogP contribution in [0, 0.1) is 0 Å². The molecule has 1 aliphatic rings. The number of hydrogen-bond acceptors (Lipinski definition) is 3. The first-order chi connectivity index (χ1) is 6.84. The lowest BCUT2D eigenvalue weighted by Crippen LogP contribution is -2.50. The Morgan fingerprint density at radius 1 is 1.40 bits per heavy atom. The first-order valence-electron chi connectivity index (χ1n) is 5.35. The summed E-state index contributed by atoms with van der Waals surface area (Å²) < 4.78 is 22.9. The first-order valence-corrected chi connectivity index (χ1v) is 7.17. The van der Waals surface area contributed by atoms with Crippen molar-refractivity contribution in [2.45, 2.75) is 39.2 Å². The highest BCUT2D eigenvalue weighted by atomic mass is 32.2. The molecule has 0 saturated carbocycles. The van der Waals surface area contributed by atoms with E-state index < -0.39 is 15.4 Å². The summed E-state index contributed by atoms with van der Waals surface area (Å²) in [7, 11) is -2.94. The monoisotopic (exact) mass is 233 g/mol. The summed E-state index contributed by atoms with van der Waals surface area (Å²) in [6, 6.07) is 0. The summed E-state index contributed by atoms with van der Waals surface area (Å²) in [6.07, 6.45) is 0.998. The van der Waals surface area contributed by atoms with Crippen molar-refractivity contribution in [3.05, 3.63) is 0 Å². The van der Waals surface area contributed by atoms with E-state index in [4.69, 9.17) is 0 Å². The predicted molar refractivity (Wildman–Crippen MR) is 59.4 cm³/mol. The second-order valence-corrected chi connectivity index (χ2v) is 6.51. The summed E-state index contributed by atoms with van der Waals surface area (Å²) in [5, 5.41) is 0. The van der Waals surface area contributed by atoms with Crippen molar-refractivity contribution in [3.63, 3.8) is 0 Å². The van der Waals surface area contributed by atoms with Crippen LogP contribution in [0.2, 0.25) is 0 Å². The quantitative estimate of drug-likeness (QED) is 0.725. The van der Waals surface area contributed by atoms with E-state index in [0.717, 1.165) is 0 Å². The van der Waals surface area contributed by atoms with Gasteiger partial charge in [0.1, 0.15) is 0 Å². The van der Waals surface area contributed by atoms with Crippen molar-refractivity contribution >= 4 is 15.7 Å². The molecule has 15 heavy (non-hydrogen) atoms. The van der Waals surface area contributed by atoms with Gasteiger partial charge in [-0.2, -0.15) is 0 Å². The SMILES string of the molecule is CCC(=O)N(CC)[C@]1(C)CCS(=O)(=O)C1. The average molecular weight is 233 g/mol. The van der Waals surface area contributed by atoms with E-state index in [1.165, 1.54) is 0 Å². The molecule has 0 N–H and O–H groups in total. The van der Waals surface area contributed by atoms with Gasteiger partial charge in [-0.15, -0.1) is 0 Å². The van der Waals surface area contributed by atoms with Gasteiger partial charge in [0.25, 0.3) is 0 Å². The van der Waals surface area contributed by atoms with E-state index in [2.05, 4.69) is 0 Å². The molecule has 4 nitrogen and oxygen atoms in total. The minimum atomic E-state index is -2.94. The molecule has 1 saturated heterocycles. The number of nitrogens with zero attached hydrogens (tertiary/aromatic N) is 1. The number of carbonyl (C=O) groups excluding carboxylic acids is 1. The summed E-state index contributed by atoms with van der Waals surface area (Å²) in [4.78, 5) is 13.4. The first kappa shape index (κ1) is 12.5. The number of sulfone groups is 1. The van der Waals surface area contributed by atoms with Gasteiger partial charge in [0, 0.05) is 13.0 Å². The molecule has 88 valence electrons. The highest BCUT2D eigenvalue weighted by Crippen LogP contribution is 2.29. The Morgan fingerprint density at radius 2 is 2.00 bits per heavy atom. The fraction of sp³-hybridized carbons (Fsp3) is 0.900. The van der Waals surface area contributed by atoms with Crippen LogP contribution in [-0.2, 0) is 14.6 Å². The molecule has 0 unspecified atom stereocenters. The maximum Gasteiger partial charge on any atom is 0.222 e. The van der Waals surface area contributed by atoms with Gasteiger partial charge >= 0.3 is 0 Å². The van der Waals surface area contributed by atoms with Crippen LogP contribution in [0.4, 0.5) is 0 Å². The topological polar surface area (TPSA) is 54.5 Å². The molecule has 0 aromatic heterocycles. The molecule has 1 atom stereocenters. The van der Waals surface area contributed by atoms with Crippen molar-refractivity contribution in [3.8, 4) is 0 Å². The highest BCUT2D eigenvalue weighted by Gasteiger charge is 2.43. The lowest BCUT2D eigenvalue weighted by Gasteiger charge is -2.36. The van der Waals surface area contributed by atoms with Crippen LogP contribution in [-0.4, -0.2) is 42.8 Å². The third kappa shape index (κ3) is 2.51. The van der Waals surface area contributed by atoms with Crippen LogP contribution in [0.5, 0.6) is 0 Å². The average Bonchev–Trinajstić information content (AvgIpc) is 2.42. The maximum absolute atomic E-state index is 11.7. The smallest absolute Gasteiger partial charge is 0.222 e. The van der Waals surface area contributed by atoms with E-state index in [1.807, 2.05) is 13.8 Å². The number of hydrogen-bond donors (Lipinski definition) is 0. The van der Waals surface area contributed by atoms with Crippen LogP contribution < -0.4 is 0 Å².